The lowest BCUT2D eigenvalue weighted by Gasteiger charge is -2.33. The standard InChI is InChI=1S/C17H21N5O4/c1-24-14-8-7-11(18-19-14)17(23)22-9-3-2-5-12(22)15-20-21-16(26-15)13-6-4-10-25-13/h7-8,12-13H,2-6,9-10H2,1H3/t12?,13-/m1/s1. The number of piperidine rings is 1. The molecular weight excluding hydrogens is 338 g/mol. The molecule has 2 aromatic rings. The van der Waals surface area contributed by atoms with E-state index >= 15 is 0 Å². The normalized spacial score (nSPS) is 23.2. The highest BCUT2D eigenvalue weighted by molar-refractivity contribution is 5.92. The van der Waals surface area contributed by atoms with E-state index in [1.165, 1.54) is 7.11 Å². The van der Waals surface area contributed by atoms with E-state index in [0.29, 0.717) is 30.8 Å². The quantitative estimate of drug-likeness (QED) is 0.817. The number of rotatable bonds is 4. The van der Waals surface area contributed by atoms with Gasteiger partial charge in [-0.2, -0.15) is 0 Å². The number of hydrogen-bond donors (Lipinski definition) is 0. The third-order valence-corrected chi connectivity index (χ3v) is 4.78. The number of carbonyl (C=O) groups excluding carboxylic acids is 1. The summed E-state index contributed by atoms with van der Waals surface area (Å²) in [6.07, 6.45) is 4.46. The molecule has 0 saturated carbocycles. The molecule has 2 aliphatic heterocycles. The zero-order valence-electron chi connectivity index (χ0n) is 14.6. The SMILES string of the molecule is COc1ccc(C(=O)N2CCCCC2c2nnc([C@H]3CCCO3)o2)nn1. The number of amides is 1. The van der Waals surface area contributed by atoms with Gasteiger partial charge in [-0.1, -0.05) is 0 Å². The molecule has 0 N–H and O–H groups in total. The minimum atomic E-state index is -0.247. The van der Waals surface area contributed by atoms with E-state index < -0.39 is 0 Å². The number of likely N-dealkylation sites (tertiary alicyclic amines) is 1. The predicted octanol–water partition coefficient (Wildman–Crippen LogP) is 2.09. The summed E-state index contributed by atoms with van der Waals surface area (Å²) < 4.78 is 16.5. The van der Waals surface area contributed by atoms with E-state index in [-0.39, 0.29) is 23.7 Å². The Kier molecular flexibility index (Phi) is 4.79. The van der Waals surface area contributed by atoms with Gasteiger partial charge in [-0.25, -0.2) is 0 Å². The van der Waals surface area contributed by atoms with Crippen molar-refractivity contribution in [3.8, 4) is 5.88 Å². The first-order valence-electron chi connectivity index (χ1n) is 8.90. The number of methoxy groups -OCH3 is 1. The van der Waals surface area contributed by atoms with Crippen molar-refractivity contribution in [3.63, 3.8) is 0 Å². The molecule has 0 bridgehead atoms. The van der Waals surface area contributed by atoms with Gasteiger partial charge in [0.25, 0.3) is 5.91 Å². The molecule has 1 unspecified atom stereocenters. The number of ether oxygens (including phenoxy) is 2. The highest BCUT2D eigenvalue weighted by Crippen LogP contribution is 2.34. The first kappa shape index (κ1) is 16.9. The van der Waals surface area contributed by atoms with Crippen LogP contribution in [-0.2, 0) is 4.74 Å². The second-order valence-corrected chi connectivity index (χ2v) is 6.45. The zero-order chi connectivity index (χ0) is 17.9. The molecule has 138 valence electrons. The van der Waals surface area contributed by atoms with E-state index in [0.717, 1.165) is 32.1 Å². The van der Waals surface area contributed by atoms with Crippen molar-refractivity contribution in [2.24, 2.45) is 0 Å². The van der Waals surface area contributed by atoms with Crippen LogP contribution in [0.25, 0.3) is 0 Å². The molecule has 0 spiro atoms. The minimum Gasteiger partial charge on any atom is -0.480 e. The topological polar surface area (TPSA) is 103 Å². The number of hydrogen-bond acceptors (Lipinski definition) is 8. The highest BCUT2D eigenvalue weighted by Gasteiger charge is 2.34. The van der Waals surface area contributed by atoms with Crippen LogP contribution in [0.4, 0.5) is 0 Å². The molecule has 2 aliphatic rings. The van der Waals surface area contributed by atoms with E-state index in [9.17, 15) is 4.79 Å². The summed E-state index contributed by atoms with van der Waals surface area (Å²) in [6.45, 7) is 1.33. The van der Waals surface area contributed by atoms with Crippen molar-refractivity contribution >= 4 is 5.91 Å². The lowest BCUT2D eigenvalue weighted by Crippen LogP contribution is -2.39. The molecule has 4 heterocycles. The fourth-order valence-corrected chi connectivity index (χ4v) is 3.41. The number of nitrogens with zero attached hydrogens (tertiary/aromatic N) is 5. The van der Waals surface area contributed by atoms with Gasteiger partial charge in [0.1, 0.15) is 12.1 Å². The Morgan fingerprint density at radius 3 is 2.73 bits per heavy atom. The summed E-state index contributed by atoms with van der Waals surface area (Å²) in [4.78, 5) is 14.7. The van der Waals surface area contributed by atoms with Crippen LogP contribution >= 0.6 is 0 Å². The summed E-state index contributed by atoms with van der Waals surface area (Å²) in [5.41, 5.74) is 0.275. The third kappa shape index (κ3) is 3.26. The number of aromatic nitrogens is 4. The Morgan fingerprint density at radius 1 is 1.12 bits per heavy atom. The van der Waals surface area contributed by atoms with E-state index in [1.54, 1.807) is 17.0 Å². The maximum atomic E-state index is 12.9. The summed E-state index contributed by atoms with van der Waals surface area (Å²) in [7, 11) is 1.51. The monoisotopic (exact) mass is 359 g/mol. The zero-order valence-corrected chi connectivity index (χ0v) is 14.6. The fourth-order valence-electron chi connectivity index (χ4n) is 3.41. The summed E-state index contributed by atoms with van der Waals surface area (Å²) in [5, 5.41) is 16.2. The maximum absolute atomic E-state index is 12.9. The van der Waals surface area contributed by atoms with Gasteiger partial charge in [-0.05, 0) is 38.2 Å². The Morgan fingerprint density at radius 2 is 2.00 bits per heavy atom. The molecule has 1 amide bonds. The van der Waals surface area contributed by atoms with Gasteiger partial charge in [0.15, 0.2) is 5.69 Å². The van der Waals surface area contributed by atoms with Gasteiger partial charge >= 0.3 is 0 Å². The van der Waals surface area contributed by atoms with Crippen LogP contribution in [0.1, 0.15) is 66.5 Å². The van der Waals surface area contributed by atoms with Crippen molar-refractivity contribution in [2.75, 3.05) is 20.3 Å². The molecule has 9 heteroatoms. The van der Waals surface area contributed by atoms with Gasteiger partial charge in [-0.15, -0.1) is 20.4 Å². The average Bonchev–Trinajstić information content (AvgIpc) is 3.39. The van der Waals surface area contributed by atoms with Crippen molar-refractivity contribution in [3.05, 3.63) is 29.6 Å². The maximum Gasteiger partial charge on any atom is 0.275 e. The van der Waals surface area contributed by atoms with Gasteiger partial charge in [0.2, 0.25) is 17.7 Å². The predicted molar refractivity (Wildman–Crippen MR) is 88.4 cm³/mol. The molecule has 0 aromatic carbocycles. The van der Waals surface area contributed by atoms with Crippen LogP contribution in [0.5, 0.6) is 5.88 Å². The molecule has 9 nitrogen and oxygen atoms in total. The Balaban J connectivity index is 1.54. The largest absolute Gasteiger partial charge is 0.480 e. The van der Waals surface area contributed by atoms with Crippen LogP contribution < -0.4 is 4.74 Å². The van der Waals surface area contributed by atoms with Gasteiger partial charge in [-0.3, -0.25) is 4.79 Å². The van der Waals surface area contributed by atoms with Crippen LogP contribution in [-0.4, -0.2) is 51.5 Å². The second-order valence-electron chi connectivity index (χ2n) is 6.45. The lowest BCUT2D eigenvalue weighted by atomic mass is 10.0. The summed E-state index contributed by atoms with van der Waals surface area (Å²) in [5.74, 6) is 1.14. The average molecular weight is 359 g/mol. The number of carbonyl (C=O) groups is 1. The van der Waals surface area contributed by atoms with Crippen LogP contribution in [0.2, 0.25) is 0 Å². The lowest BCUT2D eigenvalue weighted by molar-refractivity contribution is 0.0542. The van der Waals surface area contributed by atoms with Crippen LogP contribution in [0.15, 0.2) is 16.5 Å². The van der Waals surface area contributed by atoms with Crippen molar-refractivity contribution in [1.82, 2.24) is 25.3 Å². The molecule has 0 aliphatic carbocycles. The van der Waals surface area contributed by atoms with Crippen molar-refractivity contribution < 1.29 is 18.7 Å². The molecule has 2 atom stereocenters. The van der Waals surface area contributed by atoms with E-state index in [4.69, 9.17) is 13.9 Å². The third-order valence-electron chi connectivity index (χ3n) is 4.78. The van der Waals surface area contributed by atoms with Gasteiger partial charge in [0, 0.05) is 19.2 Å². The van der Waals surface area contributed by atoms with Crippen LogP contribution in [0, 0.1) is 0 Å². The molecule has 2 aromatic heterocycles. The molecule has 2 fully saturated rings. The first-order chi connectivity index (χ1) is 12.8. The Bertz CT molecular complexity index is 757. The van der Waals surface area contributed by atoms with Gasteiger partial charge in [0.05, 0.1) is 7.11 Å². The second kappa shape index (κ2) is 7.36. The van der Waals surface area contributed by atoms with Gasteiger partial charge < -0.3 is 18.8 Å². The highest BCUT2D eigenvalue weighted by atomic mass is 16.5. The molecule has 2 saturated heterocycles. The van der Waals surface area contributed by atoms with E-state index in [2.05, 4.69) is 20.4 Å². The first-order valence-corrected chi connectivity index (χ1v) is 8.90. The molecule has 26 heavy (non-hydrogen) atoms. The summed E-state index contributed by atoms with van der Waals surface area (Å²) >= 11 is 0. The molecular formula is C17H21N5O4. The molecule has 4 rings (SSSR count). The van der Waals surface area contributed by atoms with Crippen molar-refractivity contribution in [2.45, 2.75) is 44.2 Å². The van der Waals surface area contributed by atoms with E-state index in [1.807, 2.05) is 0 Å². The Labute approximate surface area is 150 Å². The minimum absolute atomic E-state index is 0.128. The van der Waals surface area contributed by atoms with Crippen molar-refractivity contribution in [1.29, 1.82) is 0 Å². The Hall–Kier alpha value is -2.55. The molecule has 0 radical (unpaired) electrons. The fraction of sp³-hybridized carbons (Fsp3) is 0.588. The van der Waals surface area contributed by atoms with Crippen LogP contribution in [0.3, 0.4) is 0 Å². The summed E-state index contributed by atoms with van der Waals surface area (Å²) in [6, 6.07) is 3.00. The smallest absolute Gasteiger partial charge is 0.275 e.